The number of carbonyl (C=O) groups is 4. The molecule has 3 aliphatic rings. The molecule has 0 saturated heterocycles. The Morgan fingerprint density at radius 2 is 1.92 bits per heavy atom. The second-order valence-corrected chi connectivity index (χ2v) is 11.2. The number of nitrogens with one attached hydrogen (secondary N) is 1. The summed E-state index contributed by atoms with van der Waals surface area (Å²) in [5.41, 5.74) is 10.4. The number of rotatable bonds is 6. The molecule has 6 rings (SSSR count). The molecule has 8 nitrogen and oxygen atoms in total. The Balaban J connectivity index is 1.18. The van der Waals surface area contributed by atoms with Gasteiger partial charge in [0, 0.05) is 17.0 Å². The van der Waals surface area contributed by atoms with Gasteiger partial charge in [0.1, 0.15) is 10.8 Å². The van der Waals surface area contributed by atoms with Gasteiger partial charge in [-0.2, -0.15) is 0 Å². The Labute approximate surface area is 223 Å². The number of thiophene rings is 1. The fourth-order valence-electron chi connectivity index (χ4n) is 5.24. The van der Waals surface area contributed by atoms with Crippen LogP contribution in [0.4, 0.5) is 5.00 Å². The second-order valence-electron chi connectivity index (χ2n) is 10.1. The van der Waals surface area contributed by atoms with Crippen LogP contribution in [-0.2, 0) is 35.4 Å². The predicted molar refractivity (Wildman–Crippen MR) is 142 cm³/mol. The summed E-state index contributed by atoms with van der Waals surface area (Å²) in [5, 5.41) is 3.33. The molecule has 3 amide bonds. The highest BCUT2D eigenvalue weighted by Gasteiger charge is 2.31. The molecule has 38 heavy (non-hydrogen) atoms. The summed E-state index contributed by atoms with van der Waals surface area (Å²) in [5.74, 6) is -0.252. The molecular formula is C29H27N3O5S. The minimum Gasteiger partial charge on any atom is -0.426 e. The Morgan fingerprint density at radius 1 is 1.08 bits per heavy atom. The van der Waals surface area contributed by atoms with Gasteiger partial charge in [-0.15, -0.1) is 11.3 Å². The summed E-state index contributed by atoms with van der Waals surface area (Å²) in [6.45, 7) is 0.705. The first kappa shape index (κ1) is 24.4. The van der Waals surface area contributed by atoms with Gasteiger partial charge in [0.25, 0.3) is 11.8 Å². The topological polar surface area (TPSA) is 119 Å². The van der Waals surface area contributed by atoms with E-state index in [2.05, 4.69) is 17.4 Å². The summed E-state index contributed by atoms with van der Waals surface area (Å²) >= 11 is 1.29. The number of hydrogen-bond acceptors (Lipinski definition) is 6. The lowest BCUT2D eigenvalue weighted by molar-refractivity contribution is -0.135. The van der Waals surface area contributed by atoms with Crippen LogP contribution in [0.3, 0.4) is 0 Å². The van der Waals surface area contributed by atoms with Gasteiger partial charge in [-0.3, -0.25) is 19.2 Å². The summed E-state index contributed by atoms with van der Waals surface area (Å²) in [6, 6.07) is 13.3. The molecule has 2 aliphatic heterocycles. The van der Waals surface area contributed by atoms with E-state index in [9.17, 15) is 19.2 Å². The quantitative estimate of drug-likeness (QED) is 0.370. The van der Waals surface area contributed by atoms with E-state index in [1.54, 1.807) is 17.0 Å². The minimum absolute atomic E-state index is 0.185. The van der Waals surface area contributed by atoms with Crippen molar-refractivity contribution in [2.24, 2.45) is 5.73 Å². The van der Waals surface area contributed by atoms with Gasteiger partial charge in [0.05, 0.1) is 24.9 Å². The maximum atomic E-state index is 13.3. The third-order valence-electron chi connectivity index (χ3n) is 7.34. The smallest absolute Gasteiger partial charge is 0.311 e. The lowest BCUT2D eigenvalue weighted by atomic mass is 10.00. The molecular weight excluding hydrogens is 502 g/mol. The van der Waals surface area contributed by atoms with Crippen LogP contribution >= 0.6 is 11.3 Å². The minimum atomic E-state index is -0.593. The van der Waals surface area contributed by atoms with Crippen LogP contribution in [-0.4, -0.2) is 35.1 Å². The first-order valence-corrected chi connectivity index (χ1v) is 13.6. The molecule has 0 radical (unpaired) electrons. The molecule has 1 fully saturated rings. The predicted octanol–water partition coefficient (Wildman–Crippen LogP) is 3.96. The second kappa shape index (κ2) is 9.72. The number of nitrogens with two attached hydrogens (primary N) is 1. The number of anilines is 1. The van der Waals surface area contributed by atoms with Crippen LogP contribution < -0.4 is 15.8 Å². The standard InChI is InChI=1S/C29H27N3O5S/c30-27(35)26-21-10-11-32(29(36)20-7-6-18-8-9-25(34)37-22(18)14-20)15-23(21)38-28(26)31-24(33)13-16-2-1-3-19(12-16)17-4-5-17/h1-3,6-7,12,14,17H,4-5,8-11,13,15H2,(H2,30,35)(H,31,33). The van der Waals surface area contributed by atoms with Gasteiger partial charge in [-0.1, -0.05) is 30.3 Å². The Morgan fingerprint density at radius 3 is 2.71 bits per heavy atom. The number of carbonyl (C=O) groups excluding carboxylic acids is 4. The molecule has 3 aromatic rings. The molecule has 3 N–H and O–H groups in total. The van der Waals surface area contributed by atoms with Gasteiger partial charge in [-0.25, -0.2) is 0 Å². The van der Waals surface area contributed by atoms with E-state index in [0.717, 1.165) is 21.6 Å². The molecule has 3 heterocycles. The maximum Gasteiger partial charge on any atom is 0.311 e. The zero-order valence-corrected chi connectivity index (χ0v) is 21.6. The number of aryl methyl sites for hydroxylation is 1. The molecule has 0 bridgehead atoms. The van der Waals surface area contributed by atoms with E-state index < -0.39 is 5.91 Å². The van der Waals surface area contributed by atoms with Crippen molar-refractivity contribution < 1.29 is 23.9 Å². The van der Waals surface area contributed by atoms with Crippen molar-refractivity contribution in [1.82, 2.24) is 4.90 Å². The Hall–Kier alpha value is -3.98. The van der Waals surface area contributed by atoms with Crippen molar-refractivity contribution in [1.29, 1.82) is 0 Å². The number of primary amides is 1. The monoisotopic (exact) mass is 529 g/mol. The number of ether oxygens (including phenoxy) is 1. The highest BCUT2D eigenvalue weighted by Crippen LogP contribution is 2.40. The fraction of sp³-hybridized carbons (Fsp3) is 0.310. The van der Waals surface area contributed by atoms with Gasteiger partial charge in [-0.05, 0) is 66.0 Å². The zero-order chi connectivity index (χ0) is 26.4. The number of esters is 1. The zero-order valence-electron chi connectivity index (χ0n) is 20.7. The van der Waals surface area contributed by atoms with Crippen molar-refractivity contribution >= 4 is 40.0 Å². The van der Waals surface area contributed by atoms with E-state index in [4.69, 9.17) is 10.5 Å². The van der Waals surface area contributed by atoms with Crippen LogP contribution in [0.15, 0.2) is 42.5 Å². The molecule has 9 heteroatoms. The third-order valence-corrected chi connectivity index (χ3v) is 8.48. The van der Waals surface area contributed by atoms with Crippen LogP contribution in [0, 0.1) is 0 Å². The largest absolute Gasteiger partial charge is 0.426 e. The number of amides is 3. The number of hydrogen-bond donors (Lipinski definition) is 2. The van der Waals surface area contributed by atoms with E-state index in [-0.39, 0.29) is 24.2 Å². The van der Waals surface area contributed by atoms with Crippen LogP contribution in [0.2, 0.25) is 0 Å². The van der Waals surface area contributed by atoms with E-state index in [1.165, 1.54) is 29.7 Å². The van der Waals surface area contributed by atoms with Gasteiger partial charge >= 0.3 is 5.97 Å². The maximum absolute atomic E-state index is 13.3. The highest BCUT2D eigenvalue weighted by molar-refractivity contribution is 7.17. The van der Waals surface area contributed by atoms with E-state index in [0.29, 0.717) is 60.1 Å². The summed E-state index contributed by atoms with van der Waals surface area (Å²) < 4.78 is 5.31. The lowest BCUT2D eigenvalue weighted by Crippen LogP contribution is -2.36. The molecule has 2 aromatic carbocycles. The van der Waals surface area contributed by atoms with Crippen molar-refractivity contribution in [3.63, 3.8) is 0 Å². The summed E-state index contributed by atoms with van der Waals surface area (Å²) in [7, 11) is 0. The molecule has 1 saturated carbocycles. The Kier molecular flexibility index (Phi) is 6.23. The molecule has 0 spiro atoms. The Bertz CT molecular complexity index is 1490. The number of fused-ring (bicyclic) bond motifs is 2. The third kappa shape index (κ3) is 4.81. The average molecular weight is 530 g/mol. The lowest BCUT2D eigenvalue weighted by Gasteiger charge is -2.27. The molecule has 0 unspecified atom stereocenters. The first-order valence-electron chi connectivity index (χ1n) is 12.8. The van der Waals surface area contributed by atoms with Crippen LogP contribution in [0.25, 0.3) is 0 Å². The van der Waals surface area contributed by atoms with Gasteiger partial charge in [0.15, 0.2) is 0 Å². The summed E-state index contributed by atoms with van der Waals surface area (Å²) in [6.07, 6.45) is 3.97. The average Bonchev–Trinajstić information content (AvgIpc) is 3.68. The van der Waals surface area contributed by atoms with E-state index in [1.807, 2.05) is 18.2 Å². The van der Waals surface area contributed by atoms with Crippen molar-refractivity contribution in [2.45, 2.75) is 51.0 Å². The van der Waals surface area contributed by atoms with Crippen molar-refractivity contribution in [2.75, 3.05) is 11.9 Å². The highest BCUT2D eigenvalue weighted by atomic mass is 32.1. The van der Waals surface area contributed by atoms with Crippen molar-refractivity contribution in [3.05, 3.63) is 80.7 Å². The SMILES string of the molecule is NC(=O)c1c(NC(=O)Cc2cccc(C3CC3)c2)sc2c1CCN(C(=O)c1ccc3c(c1)OC(=O)CC3)C2. The fourth-order valence-corrected chi connectivity index (χ4v) is 6.52. The first-order chi connectivity index (χ1) is 18.4. The van der Waals surface area contributed by atoms with Crippen molar-refractivity contribution in [3.8, 4) is 5.75 Å². The van der Waals surface area contributed by atoms with Gasteiger partial charge < -0.3 is 20.7 Å². The van der Waals surface area contributed by atoms with Gasteiger partial charge in [0.2, 0.25) is 5.91 Å². The molecule has 194 valence electrons. The molecule has 1 aliphatic carbocycles. The van der Waals surface area contributed by atoms with Crippen LogP contribution in [0.5, 0.6) is 5.75 Å². The molecule has 0 atom stereocenters. The molecule has 1 aromatic heterocycles. The number of nitrogens with zero attached hydrogens (tertiary/aromatic N) is 1. The van der Waals surface area contributed by atoms with Crippen LogP contribution in [0.1, 0.15) is 73.0 Å². The number of benzene rings is 2. The normalized spacial score (nSPS) is 16.3. The van der Waals surface area contributed by atoms with E-state index >= 15 is 0 Å². The summed E-state index contributed by atoms with van der Waals surface area (Å²) in [4.78, 5) is 52.8.